The standard InChI is InChI=1S/C15H19NO3/c1-10-4-3-5-12(8-10)9-16(13-6-7-13)14(17)11(2)15(18)19/h3-5,8,11,13H,6-7,9H2,1-2H3,(H,18,19). The van der Waals surface area contributed by atoms with E-state index in [1.165, 1.54) is 6.92 Å². The van der Waals surface area contributed by atoms with Crippen molar-refractivity contribution in [3.05, 3.63) is 35.4 Å². The molecular formula is C15H19NO3. The lowest BCUT2D eigenvalue weighted by Gasteiger charge is -2.24. The van der Waals surface area contributed by atoms with E-state index in [1.54, 1.807) is 4.90 Å². The van der Waals surface area contributed by atoms with E-state index in [0.717, 1.165) is 24.0 Å². The number of carboxylic acids is 1. The van der Waals surface area contributed by atoms with Gasteiger partial charge in [0.1, 0.15) is 5.92 Å². The third-order valence-corrected chi connectivity index (χ3v) is 3.45. The minimum Gasteiger partial charge on any atom is -0.481 e. The fourth-order valence-corrected chi connectivity index (χ4v) is 2.13. The lowest BCUT2D eigenvalue weighted by molar-refractivity contribution is -0.150. The smallest absolute Gasteiger partial charge is 0.315 e. The van der Waals surface area contributed by atoms with E-state index < -0.39 is 11.9 Å². The highest BCUT2D eigenvalue weighted by molar-refractivity contribution is 5.96. The quantitative estimate of drug-likeness (QED) is 0.827. The third-order valence-electron chi connectivity index (χ3n) is 3.45. The van der Waals surface area contributed by atoms with Crippen molar-refractivity contribution in [3.63, 3.8) is 0 Å². The van der Waals surface area contributed by atoms with Crippen LogP contribution >= 0.6 is 0 Å². The Labute approximate surface area is 113 Å². The Morgan fingerprint density at radius 3 is 2.63 bits per heavy atom. The Kier molecular flexibility index (Phi) is 3.88. The van der Waals surface area contributed by atoms with Crippen LogP contribution in [0, 0.1) is 12.8 Å². The molecule has 1 saturated carbocycles. The highest BCUT2D eigenvalue weighted by Crippen LogP contribution is 2.29. The normalized spacial score (nSPS) is 15.9. The Hall–Kier alpha value is -1.84. The lowest BCUT2D eigenvalue weighted by Crippen LogP contribution is -2.39. The van der Waals surface area contributed by atoms with Gasteiger partial charge in [-0.1, -0.05) is 29.8 Å². The van der Waals surface area contributed by atoms with E-state index in [-0.39, 0.29) is 11.9 Å². The van der Waals surface area contributed by atoms with Crippen molar-refractivity contribution < 1.29 is 14.7 Å². The van der Waals surface area contributed by atoms with Crippen molar-refractivity contribution in [2.75, 3.05) is 0 Å². The summed E-state index contributed by atoms with van der Waals surface area (Å²) in [6.07, 6.45) is 1.95. The molecule has 0 bridgehead atoms. The summed E-state index contributed by atoms with van der Waals surface area (Å²) in [6.45, 7) is 3.96. The van der Waals surface area contributed by atoms with Crippen LogP contribution in [0.1, 0.15) is 30.9 Å². The number of aryl methyl sites for hydroxylation is 1. The first-order chi connectivity index (χ1) is 8.99. The minimum atomic E-state index is -1.06. The highest BCUT2D eigenvalue weighted by atomic mass is 16.4. The van der Waals surface area contributed by atoms with E-state index in [0.29, 0.717) is 6.54 Å². The molecule has 1 aromatic rings. The summed E-state index contributed by atoms with van der Waals surface area (Å²) in [5.41, 5.74) is 2.20. The van der Waals surface area contributed by atoms with Crippen LogP contribution in [0.15, 0.2) is 24.3 Å². The van der Waals surface area contributed by atoms with Crippen LogP contribution in [0.5, 0.6) is 0 Å². The SMILES string of the molecule is Cc1cccc(CN(C(=O)C(C)C(=O)O)C2CC2)c1. The first-order valence-corrected chi connectivity index (χ1v) is 6.58. The largest absolute Gasteiger partial charge is 0.481 e. The van der Waals surface area contributed by atoms with Gasteiger partial charge < -0.3 is 10.0 Å². The molecule has 0 aromatic heterocycles. The molecule has 0 aliphatic heterocycles. The summed E-state index contributed by atoms with van der Waals surface area (Å²) < 4.78 is 0. The van der Waals surface area contributed by atoms with Gasteiger partial charge >= 0.3 is 5.97 Å². The number of nitrogens with zero attached hydrogens (tertiary/aromatic N) is 1. The van der Waals surface area contributed by atoms with E-state index in [4.69, 9.17) is 5.11 Å². The Bertz CT molecular complexity index is 494. The minimum absolute atomic E-state index is 0.217. The predicted molar refractivity (Wildman–Crippen MR) is 71.6 cm³/mol. The molecule has 1 unspecified atom stereocenters. The number of aliphatic carboxylic acids is 1. The second-order valence-electron chi connectivity index (χ2n) is 5.25. The van der Waals surface area contributed by atoms with Crippen molar-refractivity contribution in [2.45, 2.75) is 39.3 Å². The zero-order chi connectivity index (χ0) is 14.0. The summed E-state index contributed by atoms with van der Waals surface area (Å²) >= 11 is 0. The lowest BCUT2D eigenvalue weighted by atomic mass is 10.1. The predicted octanol–water partition coefficient (Wildman–Crippen LogP) is 2.21. The monoisotopic (exact) mass is 261 g/mol. The van der Waals surface area contributed by atoms with Crippen LogP contribution in [0.2, 0.25) is 0 Å². The zero-order valence-corrected chi connectivity index (χ0v) is 11.3. The molecule has 1 amide bonds. The summed E-state index contributed by atoms with van der Waals surface area (Å²) in [7, 11) is 0. The Morgan fingerprint density at radius 1 is 1.42 bits per heavy atom. The second kappa shape index (κ2) is 5.43. The summed E-state index contributed by atoms with van der Waals surface area (Å²) in [5.74, 6) is -2.30. The molecule has 102 valence electrons. The fraction of sp³-hybridized carbons (Fsp3) is 0.467. The van der Waals surface area contributed by atoms with E-state index >= 15 is 0 Å². The third kappa shape index (κ3) is 3.34. The molecule has 19 heavy (non-hydrogen) atoms. The van der Waals surface area contributed by atoms with Gasteiger partial charge in [0, 0.05) is 12.6 Å². The van der Waals surface area contributed by atoms with E-state index in [2.05, 4.69) is 0 Å². The number of carbonyl (C=O) groups is 2. The average molecular weight is 261 g/mol. The maximum Gasteiger partial charge on any atom is 0.315 e. The van der Waals surface area contributed by atoms with Gasteiger partial charge in [0.15, 0.2) is 0 Å². The first-order valence-electron chi connectivity index (χ1n) is 6.58. The number of rotatable bonds is 5. The first kappa shape index (κ1) is 13.6. The van der Waals surface area contributed by atoms with Crippen molar-refractivity contribution in [2.24, 2.45) is 5.92 Å². The van der Waals surface area contributed by atoms with Gasteiger partial charge in [-0.05, 0) is 32.3 Å². The number of carbonyl (C=O) groups excluding carboxylic acids is 1. The van der Waals surface area contributed by atoms with Crippen LogP contribution < -0.4 is 0 Å². The van der Waals surface area contributed by atoms with Gasteiger partial charge in [-0.3, -0.25) is 9.59 Å². The van der Waals surface area contributed by atoms with Crippen LogP contribution in [0.25, 0.3) is 0 Å². The molecule has 1 aromatic carbocycles. The van der Waals surface area contributed by atoms with Gasteiger partial charge in [0.2, 0.25) is 5.91 Å². The van der Waals surface area contributed by atoms with Gasteiger partial charge in [0.05, 0.1) is 0 Å². The number of hydrogen-bond donors (Lipinski definition) is 1. The van der Waals surface area contributed by atoms with Gasteiger partial charge in [-0.25, -0.2) is 0 Å². The van der Waals surface area contributed by atoms with Crippen LogP contribution in [-0.2, 0) is 16.1 Å². The zero-order valence-electron chi connectivity index (χ0n) is 11.3. The average Bonchev–Trinajstić information content (AvgIpc) is 3.18. The fourth-order valence-electron chi connectivity index (χ4n) is 2.13. The number of hydrogen-bond acceptors (Lipinski definition) is 2. The molecule has 1 N–H and O–H groups in total. The van der Waals surface area contributed by atoms with Crippen molar-refractivity contribution in [3.8, 4) is 0 Å². The molecule has 2 rings (SSSR count). The van der Waals surface area contributed by atoms with Gasteiger partial charge in [0.25, 0.3) is 0 Å². The van der Waals surface area contributed by atoms with Gasteiger partial charge in [-0.15, -0.1) is 0 Å². The second-order valence-corrected chi connectivity index (χ2v) is 5.25. The molecule has 0 saturated heterocycles. The van der Waals surface area contributed by atoms with Crippen LogP contribution in [-0.4, -0.2) is 27.9 Å². The van der Waals surface area contributed by atoms with Gasteiger partial charge in [-0.2, -0.15) is 0 Å². The molecular weight excluding hydrogens is 242 g/mol. The summed E-state index contributed by atoms with van der Waals surface area (Å²) in [4.78, 5) is 24.9. The van der Waals surface area contributed by atoms with E-state index in [1.807, 2.05) is 31.2 Å². The number of benzene rings is 1. The molecule has 4 nitrogen and oxygen atoms in total. The molecule has 1 atom stereocenters. The topological polar surface area (TPSA) is 57.6 Å². The maximum atomic E-state index is 12.2. The molecule has 1 fully saturated rings. The molecule has 0 radical (unpaired) electrons. The number of carboxylic acid groups (broad SMARTS) is 1. The summed E-state index contributed by atoms with van der Waals surface area (Å²) in [5, 5.41) is 8.97. The molecule has 0 heterocycles. The maximum absolute atomic E-state index is 12.2. The van der Waals surface area contributed by atoms with Crippen LogP contribution in [0.4, 0.5) is 0 Å². The summed E-state index contributed by atoms with van der Waals surface area (Å²) in [6, 6.07) is 8.19. The molecule has 0 spiro atoms. The molecule has 1 aliphatic rings. The molecule has 1 aliphatic carbocycles. The number of amides is 1. The molecule has 4 heteroatoms. The highest BCUT2D eigenvalue weighted by Gasteiger charge is 2.36. The van der Waals surface area contributed by atoms with Crippen molar-refractivity contribution >= 4 is 11.9 Å². The van der Waals surface area contributed by atoms with Crippen LogP contribution in [0.3, 0.4) is 0 Å². The Morgan fingerprint density at radius 2 is 2.11 bits per heavy atom. The Balaban J connectivity index is 2.13. The van der Waals surface area contributed by atoms with Crippen molar-refractivity contribution in [1.29, 1.82) is 0 Å². The van der Waals surface area contributed by atoms with E-state index in [9.17, 15) is 9.59 Å². The van der Waals surface area contributed by atoms with Crippen molar-refractivity contribution in [1.82, 2.24) is 4.90 Å².